The Morgan fingerprint density at radius 1 is 1.53 bits per heavy atom. The smallest absolute Gasteiger partial charge is 0.329 e. The van der Waals surface area contributed by atoms with E-state index in [4.69, 9.17) is 0 Å². The van der Waals surface area contributed by atoms with E-state index in [1.807, 2.05) is 6.92 Å². The van der Waals surface area contributed by atoms with Crippen LogP contribution in [-0.4, -0.2) is 37.4 Å². The molecule has 3 N–H and O–H groups in total. The summed E-state index contributed by atoms with van der Waals surface area (Å²) in [7, 11) is 0. The van der Waals surface area contributed by atoms with E-state index in [1.165, 1.54) is 0 Å². The Labute approximate surface area is 113 Å². The predicted molar refractivity (Wildman–Crippen MR) is 67.9 cm³/mol. The molecule has 0 radical (unpaired) electrons. The number of carbonyl (C=O) groups is 2. The molecule has 2 unspecified atom stereocenters. The first-order chi connectivity index (χ1) is 9.02. The fraction of sp³-hybridized carbons (Fsp3) is 0.700. The Balaban J connectivity index is 2.04. The van der Waals surface area contributed by atoms with Gasteiger partial charge in [0, 0.05) is 11.5 Å². The molecule has 0 bridgehead atoms. The third-order valence-corrected chi connectivity index (χ3v) is 3.79. The largest absolute Gasteiger partial charge is 0.480 e. The standard InChI is InChI=1S/C10H15N5O3S/c1-6-3-2-4-10(5-6,7(16)17)12-8(18)11-9-13-14-15-19-9/h6H,2-5H2,1H3,(H,16,17)(H2,11,12,13,15,18). The van der Waals surface area contributed by atoms with Gasteiger partial charge in [0.2, 0.25) is 5.13 Å². The van der Waals surface area contributed by atoms with E-state index < -0.39 is 17.5 Å². The number of hydrogen-bond donors (Lipinski definition) is 3. The van der Waals surface area contributed by atoms with E-state index >= 15 is 0 Å². The second-order valence-corrected chi connectivity index (χ2v) is 5.57. The molecule has 2 rings (SSSR count). The Hall–Kier alpha value is -1.77. The van der Waals surface area contributed by atoms with E-state index in [2.05, 4.69) is 25.4 Å². The molecule has 1 heterocycles. The third-order valence-electron chi connectivity index (χ3n) is 3.28. The first kappa shape index (κ1) is 13.7. The fourth-order valence-electron chi connectivity index (χ4n) is 2.44. The van der Waals surface area contributed by atoms with Crippen molar-refractivity contribution in [1.29, 1.82) is 0 Å². The SMILES string of the molecule is CC1CCCC(NC(=O)Nc2nnns2)(C(=O)O)C1. The zero-order valence-corrected chi connectivity index (χ0v) is 11.2. The maximum absolute atomic E-state index is 11.8. The topological polar surface area (TPSA) is 117 Å². The molecule has 0 aromatic carbocycles. The lowest BCUT2D eigenvalue weighted by Crippen LogP contribution is -2.57. The fourth-order valence-corrected chi connectivity index (χ4v) is 2.80. The van der Waals surface area contributed by atoms with Crippen LogP contribution in [0.3, 0.4) is 0 Å². The summed E-state index contributed by atoms with van der Waals surface area (Å²) in [5.74, 6) is -0.724. The molecule has 9 heteroatoms. The summed E-state index contributed by atoms with van der Waals surface area (Å²) in [6.07, 6.45) is 2.64. The second kappa shape index (κ2) is 5.47. The van der Waals surface area contributed by atoms with Crippen LogP contribution in [0, 0.1) is 5.92 Å². The minimum atomic E-state index is -1.19. The molecule has 1 saturated carbocycles. The minimum absolute atomic E-state index is 0.238. The van der Waals surface area contributed by atoms with Gasteiger partial charge in [-0.25, -0.2) is 9.59 Å². The van der Waals surface area contributed by atoms with Gasteiger partial charge in [-0.05, 0) is 24.0 Å². The predicted octanol–water partition coefficient (Wildman–Crippen LogP) is 1.09. The van der Waals surface area contributed by atoms with Crippen molar-refractivity contribution in [3.63, 3.8) is 0 Å². The first-order valence-corrected chi connectivity index (χ1v) is 6.77. The van der Waals surface area contributed by atoms with Crippen LogP contribution in [0.4, 0.5) is 9.93 Å². The van der Waals surface area contributed by atoms with E-state index in [9.17, 15) is 14.7 Å². The monoisotopic (exact) mass is 285 g/mol. The molecule has 8 nitrogen and oxygen atoms in total. The number of carboxylic acids is 1. The van der Waals surface area contributed by atoms with Gasteiger partial charge >= 0.3 is 12.0 Å². The summed E-state index contributed by atoms with van der Waals surface area (Å²) in [4.78, 5) is 23.3. The molecule has 1 aliphatic rings. The van der Waals surface area contributed by atoms with Gasteiger partial charge in [-0.3, -0.25) is 5.32 Å². The van der Waals surface area contributed by atoms with Crippen molar-refractivity contribution in [2.75, 3.05) is 5.32 Å². The number of rotatable bonds is 3. The Kier molecular flexibility index (Phi) is 3.93. The zero-order valence-electron chi connectivity index (χ0n) is 10.4. The van der Waals surface area contributed by atoms with Gasteiger partial charge in [0.25, 0.3) is 0 Å². The van der Waals surface area contributed by atoms with Gasteiger partial charge in [0.15, 0.2) is 0 Å². The van der Waals surface area contributed by atoms with Crippen LogP contribution < -0.4 is 10.6 Å². The summed E-state index contributed by atoms with van der Waals surface area (Å²) in [5, 5.41) is 21.6. The number of hydrogen-bond acceptors (Lipinski definition) is 6. The van der Waals surface area contributed by atoms with Gasteiger partial charge in [0.05, 0.1) is 0 Å². The number of aromatic nitrogens is 3. The lowest BCUT2D eigenvalue weighted by molar-refractivity contribution is -0.146. The van der Waals surface area contributed by atoms with E-state index in [-0.39, 0.29) is 11.0 Å². The average Bonchev–Trinajstić information content (AvgIpc) is 2.81. The molecule has 0 spiro atoms. The average molecular weight is 285 g/mol. The van der Waals surface area contributed by atoms with Crippen molar-refractivity contribution in [3.8, 4) is 0 Å². The maximum atomic E-state index is 11.8. The molecule has 1 aliphatic carbocycles. The highest BCUT2D eigenvalue weighted by Crippen LogP contribution is 2.32. The summed E-state index contributed by atoms with van der Waals surface area (Å²) in [5.41, 5.74) is -1.19. The molecule has 2 atom stereocenters. The van der Waals surface area contributed by atoms with E-state index in [0.717, 1.165) is 24.4 Å². The minimum Gasteiger partial charge on any atom is -0.480 e. The summed E-state index contributed by atoms with van der Waals surface area (Å²) in [6, 6.07) is -0.588. The van der Waals surface area contributed by atoms with Gasteiger partial charge in [0.1, 0.15) is 5.54 Å². The van der Waals surface area contributed by atoms with Crippen LogP contribution >= 0.6 is 11.5 Å². The number of amides is 2. The quantitative estimate of drug-likeness (QED) is 0.765. The molecule has 1 aromatic heterocycles. The molecule has 104 valence electrons. The lowest BCUT2D eigenvalue weighted by atomic mass is 9.76. The van der Waals surface area contributed by atoms with Crippen molar-refractivity contribution in [1.82, 2.24) is 20.1 Å². The van der Waals surface area contributed by atoms with Gasteiger partial charge in [-0.2, -0.15) is 0 Å². The number of anilines is 1. The molecule has 1 aromatic rings. The normalized spacial score (nSPS) is 26.7. The zero-order chi connectivity index (χ0) is 13.9. The number of urea groups is 1. The highest BCUT2D eigenvalue weighted by atomic mass is 32.1. The number of nitrogens with zero attached hydrogens (tertiary/aromatic N) is 3. The van der Waals surface area contributed by atoms with Crippen LogP contribution in [0.2, 0.25) is 0 Å². The summed E-state index contributed by atoms with van der Waals surface area (Å²) in [6.45, 7) is 1.99. The van der Waals surface area contributed by atoms with Crippen molar-refractivity contribution in [2.24, 2.45) is 5.92 Å². The number of carboxylic acid groups (broad SMARTS) is 1. The highest BCUT2D eigenvalue weighted by Gasteiger charge is 2.43. The van der Waals surface area contributed by atoms with Crippen LogP contribution in [0.15, 0.2) is 0 Å². The summed E-state index contributed by atoms with van der Waals surface area (Å²) >= 11 is 0.930. The Morgan fingerprint density at radius 2 is 2.32 bits per heavy atom. The molecule has 1 fully saturated rings. The van der Waals surface area contributed by atoms with Gasteiger partial charge < -0.3 is 10.4 Å². The number of carbonyl (C=O) groups excluding carboxylic acids is 1. The second-order valence-electron chi connectivity index (χ2n) is 4.84. The van der Waals surface area contributed by atoms with Crippen molar-refractivity contribution in [3.05, 3.63) is 0 Å². The van der Waals surface area contributed by atoms with Gasteiger partial charge in [-0.15, -0.1) is 0 Å². The van der Waals surface area contributed by atoms with Gasteiger partial charge in [-0.1, -0.05) is 29.4 Å². The van der Waals surface area contributed by atoms with Crippen molar-refractivity contribution < 1.29 is 14.7 Å². The molecular weight excluding hydrogens is 270 g/mol. The maximum Gasteiger partial charge on any atom is 0.329 e. The van der Waals surface area contributed by atoms with Crippen LogP contribution in [-0.2, 0) is 4.79 Å². The Morgan fingerprint density at radius 3 is 2.89 bits per heavy atom. The number of nitrogens with one attached hydrogen (secondary N) is 2. The molecule has 2 amide bonds. The molecule has 0 saturated heterocycles. The Bertz CT molecular complexity index is 466. The molecule has 0 aliphatic heterocycles. The van der Waals surface area contributed by atoms with Crippen LogP contribution in [0.25, 0.3) is 0 Å². The highest BCUT2D eigenvalue weighted by molar-refractivity contribution is 7.09. The van der Waals surface area contributed by atoms with Crippen molar-refractivity contribution >= 4 is 28.7 Å². The third kappa shape index (κ3) is 3.16. The van der Waals surface area contributed by atoms with Crippen LogP contribution in [0.1, 0.15) is 32.6 Å². The van der Waals surface area contributed by atoms with E-state index in [0.29, 0.717) is 12.8 Å². The van der Waals surface area contributed by atoms with Crippen molar-refractivity contribution in [2.45, 2.75) is 38.1 Å². The van der Waals surface area contributed by atoms with Crippen LogP contribution in [0.5, 0.6) is 0 Å². The molecular formula is C10H15N5O3S. The number of aliphatic carboxylic acids is 1. The van der Waals surface area contributed by atoms with E-state index in [1.54, 1.807) is 0 Å². The first-order valence-electron chi connectivity index (χ1n) is 5.99. The summed E-state index contributed by atoms with van der Waals surface area (Å²) < 4.78 is 3.51. The lowest BCUT2D eigenvalue weighted by Gasteiger charge is -2.36. The molecule has 19 heavy (non-hydrogen) atoms.